The molecule has 10 heteroatoms. The lowest BCUT2D eigenvalue weighted by molar-refractivity contribution is 0.101. The van der Waals surface area contributed by atoms with Crippen molar-refractivity contribution in [3.05, 3.63) is 79.7 Å². The van der Waals surface area contributed by atoms with E-state index in [1.54, 1.807) is 0 Å². The molecule has 0 aliphatic heterocycles. The fourth-order valence-corrected chi connectivity index (χ4v) is 3.50. The summed E-state index contributed by atoms with van der Waals surface area (Å²) in [5.41, 5.74) is 0.612. The van der Waals surface area contributed by atoms with Gasteiger partial charge in [0.2, 0.25) is 0 Å². The number of carbonyl (C=O) groups is 2. The van der Waals surface area contributed by atoms with E-state index < -0.39 is 11.8 Å². The van der Waals surface area contributed by atoms with E-state index in [0.717, 1.165) is 0 Å². The number of amides is 2. The minimum atomic E-state index is -0.618. The maximum Gasteiger partial charge on any atom is 0.259 e. The molecular weight excluding hydrogens is 474 g/mol. The smallest absolute Gasteiger partial charge is 0.259 e. The van der Waals surface area contributed by atoms with Gasteiger partial charge in [-0.1, -0.05) is 46.4 Å². The molecular formula is C20H12Cl4N2O4. The van der Waals surface area contributed by atoms with Crippen molar-refractivity contribution >= 4 is 69.6 Å². The van der Waals surface area contributed by atoms with Gasteiger partial charge in [0, 0.05) is 21.4 Å². The predicted molar refractivity (Wildman–Crippen MR) is 119 cm³/mol. The lowest BCUT2D eigenvalue weighted by Crippen LogP contribution is -2.13. The number of hydrogen-bond donors (Lipinski definition) is 4. The summed E-state index contributed by atoms with van der Waals surface area (Å²) >= 11 is 23.4. The van der Waals surface area contributed by atoms with Gasteiger partial charge in [-0.2, -0.15) is 0 Å². The minimum Gasteiger partial charge on any atom is -0.506 e. The Morgan fingerprint density at radius 3 is 1.30 bits per heavy atom. The van der Waals surface area contributed by atoms with Crippen LogP contribution in [0.15, 0.2) is 48.5 Å². The standard InChI is InChI=1S/C20H12Cl4N2O4/c21-9-5-13(17(27)15(23)7-9)19(29)25-11-1-2-12(4-3-11)26-20(30)14-6-10(22)8-16(24)18(14)28/h1-8,27-28H,(H,25,29)(H,26,30). The van der Waals surface area contributed by atoms with Gasteiger partial charge < -0.3 is 20.8 Å². The van der Waals surface area contributed by atoms with Crippen molar-refractivity contribution in [3.8, 4) is 11.5 Å². The van der Waals surface area contributed by atoms with Gasteiger partial charge in [0.1, 0.15) is 11.5 Å². The lowest BCUT2D eigenvalue weighted by Gasteiger charge is -2.11. The minimum absolute atomic E-state index is 0.0462. The van der Waals surface area contributed by atoms with Gasteiger partial charge in [0.25, 0.3) is 11.8 Å². The first-order chi connectivity index (χ1) is 14.2. The zero-order valence-electron chi connectivity index (χ0n) is 14.8. The quantitative estimate of drug-likeness (QED) is 0.352. The van der Waals surface area contributed by atoms with Crippen LogP contribution in [0.5, 0.6) is 11.5 Å². The van der Waals surface area contributed by atoms with Crippen LogP contribution in [0.1, 0.15) is 20.7 Å². The number of nitrogens with one attached hydrogen (secondary N) is 2. The molecule has 3 rings (SSSR count). The summed E-state index contributed by atoms with van der Waals surface area (Å²) in [6.45, 7) is 0. The topological polar surface area (TPSA) is 98.7 Å². The van der Waals surface area contributed by atoms with E-state index in [2.05, 4.69) is 10.6 Å². The third kappa shape index (κ3) is 4.91. The van der Waals surface area contributed by atoms with Crippen molar-refractivity contribution in [2.24, 2.45) is 0 Å². The van der Waals surface area contributed by atoms with Crippen LogP contribution in [-0.2, 0) is 0 Å². The fraction of sp³-hybridized carbons (Fsp3) is 0. The molecule has 3 aromatic carbocycles. The highest BCUT2D eigenvalue weighted by atomic mass is 35.5. The first kappa shape index (κ1) is 22.1. The molecule has 0 fully saturated rings. The van der Waals surface area contributed by atoms with Gasteiger partial charge in [-0.05, 0) is 48.5 Å². The van der Waals surface area contributed by atoms with E-state index in [1.165, 1.54) is 48.5 Å². The van der Waals surface area contributed by atoms with Crippen molar-refractivity contribution < 1.29 is 19.8 Å². The van der Waals surface area contributed by atoms with E-state index in [9.17, 15) is 19.8 Å². The number of benzene rings is 3. The van der Waals surface area contributed by atoms with E-state index in [4.69, 9.17) is 46.4 Å². The van der Waals surface area contributed by atoms with Crippen LogP contribution in [0.2, 0.25) is 20.1 Å². The third-order valence-corrected chi connectivity index (χ3v) is 4.96. The SMILES string of the molecule is O=C(Nc1ccc(NC(=O)c2cc(Cl)cc(Cl)c2O)cc1)c1cc(Cl)cc(Cl)c1O. The van der Waals surface area contributed by atoms with Crippen LogP contribution in [0.3, 0.4) is 0 Å². The molecule has 3 aromatic rings. The van der Waals surface area contributed by atoms with Gasteiger partial charge in [0.05, 0.1) is 21.2 Å². The summed E-state index contributed by atoms with van der Waals surface area (Å²) in [7, 11) is 0. The van der Waals surface area contributed by atoms with Crippen LogP contribution >= 0.6 is 46.4 Å². The highest BCUT2D eigenvalue weighted by molar-refractivity contribution is 6.37. The molecule has 0 bridgehead atoms. The van der Waals surface area contributed by atoms with E-state index in [0.29, 0.717) is 11.4 Å². The van der Waals surface area contributed by atoms with Crippen molar-refractivity contribution in [1.82, 2.24) is 0 Å². The van der Waals surface area contributed by atoms with E-state index in [1.807, 2.05) is 0 Å². The molecule has 2 amide bonds. The van der Waals surface area contributed by atoms with Crippen molar-refractivity contribution in [1.29, 1.82) is 0 Å². The monoisotopic (exact) mass is 484 g/mol. The molecule has 0 atom stereocenters. The molecule has 4 N–H and O–H groups in total. The van der Waals surface area contributed by atoms with Crippen molar-refractivity contribution in [2.45, 2.75) is 0 Å². The number of hydrogen-bond acceptors (Lipinski definition) is 4. The summed E-state index contributed by atoms with van der Waals surface area (Å²) in [4.78, 5) is 24.8. The van der Waals surface area contributed by atoms with E-state index >= 15 is 0 Å². The second kappa shape index (κ2) is 9.02. The molecule has 0 radical (unpaired) electrons. The van der Waals surface area contributed by atoms with Crippen LogP contribution in [0.4, 0.5) is 11.4 Å². The van der Waals surface area contributed by atoms with Gasteiger partial charge in [-0.25, -0.2) is 0 Å². The molecule has 0 unspecified atom stereocenters. The first-order valence-electron chi connectivity index (χ1n) is 8.24. The Kier molecular flexibility index (Phi) is 6.63. The van der Waals surface area contributed by atoms with Crippen LogP contribution in [0, 0.1) is 0 Å². The molecule has 30 heavy (non-hydrogen) atoms. The highest BCUT2D eigenvalue weighted by Crippen LogP contribution is 2.33. The number of halogens is 4. The Balaban J connectivity index is 1.73. The van der Waals surface area contributed by atoms with Crippen molar-refractivity contribution in [3.63, 3.8) is 0 Å². The zero-order chi connectivity index (χ0) is 22.0. The van der Waals surface area contributed by atoms with Gasteiger partial charge in [0.15, 0.2) is 0 Å². The highest BCUT2D eigenvalue weighted by Gasteiger charge is 2.17. The maximum absolute atomic E-state index is 12.4. The zero-order valence-corrected chi connectivity index (χ0v) is 17.9. The molecule has 0 aliphatic rings. The molecule has 0 heterocycles. The maximum atomic E-state index is 12.4. The molecule has 0 saturated carbocycles. The summed E-state index contributed by atoms with van der Waals surface area (Å²) in [5.74, 6) is -2.01. The average Bonchev–Trinajstić information content (AvgIpc) is 2.68. The number of anilines is 2. The average molecular weight is 486 g/mol. The molecule has 6 nitrogen and oxygen atoms in total. The van der Waals surface area contributed by atoms with Gasteiger partial charge >= 0.3 is 0 Å². The Labute approximate surface area is 190 Å². The van der Waals surface area contributed by atoms with Gasteiger partial charge in [-0.3, -0.25) is 9.59 Å². The number of carbonyl (C=O) groups excluding carboxylic acids is 2. The Hall–Kier alpha value is -2.64. The second-order valence-electron chi connectivity index (χ2n) is 6.05. The first-order valence-corrected chi connectivity index (χ1v) is 9.75. The Bertz CT molecular complexity index is 1060. The normalized spacial score (nSPS) is 10.5. The van der Waals surface area contributed by atoms with Crippen LogP contribution in [0.25, 0.3) is 0 Å². The summed E-state index contributed by atoms with van der Waals surface area (Å²) in [6, 6.07) is 11.3. The largest absolute Gasteiger partial charge is 0.506 e. The summed E-state index contributed by atoms with van der Waals surface area (Å²) in [5, 5.41) is 25.4. The number of phenols is 2. The van der Waals surface area contributed by atoms with E-state index in [-0.39, 0.29) is 42.7 Å². The summed E-state index contributed by atoms with van der Waals surface area (Å²) < 4.78 is 0. The predicted octanol–water partition coefficient (Wildman–Crippen LogP) is 6.22. The number of aromatic hydroxyl groups is 2. The molecule has 0 aromatic heterocycles. The number of rotatable bonds is 4. The summed E-state index contributed by atoms with van der Waals surface area (Å²) in [6.07, 6.45) is 0. The fourth-order valence-electron chi connectivity index (χ4n) is 2.51. The lowest BCUT2D eigenvalue weighted by atomic mass is 10.1. The third-order valence-electron chi connectivity index (χ3n) is 3.95. The van der Waals surface area contributed by atoms with Gasteiger partial charge in [-0.15, -0.1) is 0 Å². The molecule has 0 spiro atoms. The Morgan fingerprint density at radius 1 is 0.633 bits per heavy atom. The molecule has 0 saturated heterocycles. The van der Waals surface area contributed by atoms with Crippen molar-refractivity contribution in [2.75, 3.05) is 10.6 Å². The second-order valence-corrected chi connectivity index (χ2v) is 7.74. The molecule has 0 aliphatic carbocycles. The van der Waals surface area contributed by atoms with Crippen LogP contribution < -0.4 is 10.6 Å². The molecule has 154 valence electrons. The number of phenolic OH excluding ortho intramolecular Hbond substituents is 2. The Morgan fingerprint density at radius 2 is 0.967 bits per heavy atom. The van der Waals surface area contributed by atoms with Crippen LogP contribution in [-0.4, -0.2) is 22.0 Å².